The van der Waals surface area contributed by atoms with Crippen LogP contribution in [0.3, 0.4) is 0 Å². The summed E-state index contributed by atoms with van der Waals surface area (Å²) in [5, 5.41) is 3.72. The molecule has 3 heteroatoms. The Balaban J connectivity index is 1.92. The van der Waals surface area contributed by atoms with Gasteiger partial charge in [0.05, 0.1) is 0 Å². The number of halogens is 1. The van der Waals surface area contributed by atoms with Crippen LogP contribution in [-0.2, 0) is 4.84 Å². The molecule has 0 unspecified atom stereocenters. The van der Waals surface area contributed by atoms with Crippen LogP contribution < -0.4 is 0 Å². The van der Waals surface area contributed by atoms with Gasteiger partial charge in [-0.05, 0) is 37.5 Å². The Hall–Kier alpha value is -1.64. The molecule has 0 spiro atoms. The zero-order valence-electron chi connectivity index (χ0n) is 8.95. The van der Waals surface area contributed by atoms with E-state index in [0.29, 0.717) is 5.56 Å². The molecular formula is C13H13FNO. The van der Waals surface area contributed by atoms with E-state index in [4.69, 9.17) is 4.84 Å². The van der Waals surface area contributed by atoms with Gasteiger partial charge in [-0.2, -0.15) is 0 Å². The average molecular weight is 218 g/mol. The molecule has 0 amide bonds. The lowest BCUT2D eigenvalue weighted by atomic mass is 10.1. The van der Waals surface area contributed by atoms with E-state index in [2.05, 4.69) is 11.4 Å². The quantitative estimate of drug-likeness (QED) is 0.562. The van der Waals surface area contributed by atoms with E-state index in [9.17, 15) is 4.39 Å². The van der Waals surface area contributed by atoms with E-state index in [1.165, 1.54) is 18.6 Å². The highest BCUT2D eigenvalue weighted by molar-refractivity contribution is 5.78. The summed E-state index contributed by atoms with van der Waals surface area (Å²) < 4.78 is 12.8. The Bertz CT molecular complexity index is 412. The van der Waals surface area contributed by atoms with Crippen LogP contribution in [0.25, 0.3) is 0 Å². The van der Waals surface area contributed by atoms with E-state index in [-0.39, 0.29) is 5.82 Å². The first-order valence-corrected chi connectivity index (χ1v) is 5.42. The number of hydrogen-bond acceptors (Lipinski definition) is 2. The van der Waals surface area contributed by atoms with Gasteiger partial charge in [-0.3, -0.25) is 0 Å². The molecule has 1 radical (unpaired) electrons. The molecule has 1 aliphatic rings. The van der Waals surface area contributed by atoms with Crippen molar-refractivity contribution in [2.24, 2.45) is 5.16 Å². The lowest BCUT2D eigenvalue weighted by Gasteiger charge is -2.08. The fourth-order valence-electron chi connectivity index (χ4n) is 1.58. The third-order valence-corrected chi connectivity index (χ3v) is 2.41. The molecule has 2 rings (SSSR count). The van der Waals surface area contributed by atoms with Crippen molar-refractivity contribution in [2.75, 3.05) is 0 Å². The molecule has 83 valence electrons. The van der Waals surface area contributed by atoms with Crippen LogP contribution in [0, 0.1) is 5.82 Å². The smallest absolute Gasteiger partial charge is 0.140 e. The first kappa shape index (κ1) is 10.9. The molecular weight excluding hydrogens is 205 g/mol. The molecule has 0 bridgehead atoms. The van der Waals surface area contributed by atoms with E-state index in [0.717, 1.165) is 25.0 Å². The second kappa shape index (κ2) is 5.45. The highest BCUT2D eigenvalue weighted by Gasteiger charge is 2.03. The van der Waals surface area contributed by atoms with E-state index < -0.39 is 0 Å². The minimum atomic E-state index is -0.294. The van der Waals surface area contributed by atoms with E-state index in [1.54, 1.807) is 12.1 Å². The maximum Gasteiger partial charge on any atom is 0.140 e. The highest BCUT2D eigenvalue weighted by atomic mass is 19.1. The number of hydrogen-bond donors (Lipinski definition) is 0. The van der Waals surface area contributed by atoms with Gasteiger partial charge in [0, 0.05) is 12.0 Å². The van der Waals surface area contributed by atoms with Crippen LogP contribution in [0.2, 0.25) is 0 Å². The van der Waals surface area contributed by atoms with Crippen molar-refractivity contribution in [3.05, 3.63) is 47.5 Å². The van der Waals surface area contributed by atoms with E-state index in [1.807, 2.05) is 6.08 Å². The van der Waals surface area contributed by atoms with Gasteiger partial charge in [0.25, 0.3) is 0 Å². The minimum Gasteiger partial charge on any atom is -0.361 e. The fraction of sp³-hybridized carbons (Fsp3) is 0.308. The van der Waals surface area contributed by atoms with E-state index >= 15 is 0 Å². The molecule has 0 heterocycles. The maximum atomic E-state index is 12.8. The highest BCUT2D eigenvalue weighted by Crippen LogP contribution is 2.18. The van der Waals surface area contributed by atoms with Crippen molar-refractivity contribution in [1.29, 1.82) is 0 Å². The topological polar surface area (TPSA) is 21.6 Å². The van der Waals surface area contributed by atoms with Gasteiger partial charge < -0.3 is 4.84 Å². The Morgan fingerprint density at radius 3 is 3.00 bits per heavy atom. The SMILES string of the molecule is Fc1cccc([C]=NOC2=CCCCC2)c1. The molecule has 0 saturated heterocycles. The van der Waals surface area contributed by atoms with Crippen molar-refractivity contribution in [2.45, 2.75) is 25.7 Å². The van der Waals surface area contributed by atoms with Crippen molar-refractivity contribution in [3.8, 4) is 0 Å². The normalized spacial score (nSPS) is 16.2. The number of nitrogens with zero attached hydrogens (tertiary/aromatic N) is 1. The molecule has 1 aromatic rings. The Morgan fingerprint density at radius 2 is 2.25 bits per heavy atom. The largest absolute Gasteiger partial charge is 0.361 e. The summed E-state index contributed by atoms with van der Waals surface area (Å²) >= 11 is 0. The van der Waals surface area contributed by atoms with Crippen LogP contribution in [-0.4, -0.2) is 6.21 Å². The second-order valence-electron chi connectivity index (χ2n) is 3.72. The zero-order chi connectivity index (χ0) is 11.2. The molecule has 1 aromatic carbocycles. The molecule has 1 aliphatic carbocycles. The van der Waals surface area contributed by atoms with Crippen LogP contribution in [0.4, 0.5) is 4.39 Å². The van der Waals surface area contributed by atoms with Crippen LogP contribution >= 0.6 is 0 Å². The summed E-state index contributed by atoms with van der Waals surface area (Å²) in [4.78, 5) is 5.18. The summed E-state index contributed by atoms with van der Waals surface area (Å²) in [6.07, 6.45) is 9.02. The lowest BCUT2D eigenvalue weighted by Crippen LogP contribution is -1.93. The molecule has 0 N–H and O–H groups in total. The fourth-order valence-corrected chi connectivity index (χ4v) is 1.58. The van der Waals surface area contributed by atoms with Crippen molar-refractivity contribution >= 4 is 6.21 Å². The molecule has 0 fully saturated rings. The van der Waals surface area contributed by atoms with Crippen LogP contribution in [0.1, 0.15) is 31.2 Å². The van der Waals surface area contributed by atoms with Gasteiger partial charge in [-0.1, -0.05) is 17.3 Å². The van der Waals surface area contributed by atoms with Crippen molar-refractivity contribution < 1.29 is 9.23 Å². The van der Waals surface area contributed by atoms with Crippen molar-refractivity contribution in [1.82, 2.24) is 0 Å². The monoisotopic (exact) mass is 218 g/mol. The molecule has 16 heavy (non-hydrogen) atoms. The van der Waals surface area contributed by atoms with Gasteiger partial charge in [-0.25, -0.2) is 4.39 Å². The van der Waals surface area contributed by atoms with Crippen LogP contribution in [0.15, 0.2) is 41.3 Å². The van der Waals surface area contributed by atoms with Gasteiger partial charge in [-0.15, -0.1) is 0 Å². The van der Waals surface area contributed by atoms with Crippen molar-refractivity contribution in [3.63, 3.8) is 0 Å². The Labute approximate surface area is 94.4 Å². The average Bonchev–Trinajstić information content (AvgIpc) is 2.30. The molecule has 0 aromatic heterocycles. The second-order valence-corrected chi connectivity index (χ2v) is 3.72. The maximum absolute atomic E-state index is 12.8. The first-order valence-electron chi connectivity index (χ1n) is 5.42. The number of rotatable bonds is 3. The number of allylic oxidation sites excluding steroid dienone is 2. The van der Waals surface area contributed by atoms with Gasteiger partial charge in [0.1, 0.15) is 17.8 Å². The van der Waals surface area contributed by atoms with Gasteiger partial charge in [0.15, 0.2) is 0 Å². The van der Waals surface area contributed by atoms with Gasteiger partial charge in [0.2, 0.25) is 0 Å². The molecule has 2 nitrogen and oxygen atoms in total. The van der Waals surface area contributed by atoms with Gasteiger partial charge >= 0.3 is 0 Å². The molecule has 0 aliphatic heterocycles. The summed E-state index contributed by atoms with van der Waals surface area (Å²) in [5.41, 5.74) is 0.580. The zero-order valence-corrected chi connectivity index (χ0v) is 8.95. The summed E-state index contributed by atoms with van der Waals surface area (Å²) in [7, 11) is 0. The third-order valence-electron chi connectivity index (χ3n) is 2.41. The Kier molecular flexibility index (Phi) is 3.70. The minimum absolute atomic E-state index is 0.294. The number of benzene rings is 1. The molecule has 0 atom stereocenters. The predicted octanol–water partition coefficient (Wildman–Crippen LogP) is 3.51. The molecule has 0 saturated carbocycles. The standard InChI is InChI=1S/C13H13FNO/c14-12-6-4-5-11(9-12)10-15-16-13-7-2-1-3-8-13/h4-7,9H,1-3,8H2. The predicted molar refractivity (Wildman–Crippen MR) is 60.6 cm³/mol. The summed E-state index contributed by atoms with van der Waals surface area (Å²) in [6.45, 7) is 0. The summed E-state index contributed by atoms with van der Waals surface area (Å²) in [5.74, 6) is 0.590. The first-order chi connectivity index (χ1) is 7.84. The Morgan fingerprint density at radius 1 is 1.31 bits per heavy atom. The van der Waals surface area contributed by atoms with Crippen LogP contribution in [0.5, 0.6) is 0 Å². The third kappa shape index (κ3) is 3.19. The summed E-state index contributed by atoms with van der Waals surface area (Å²) in [6, 6.07) is 6.09. The lowest BCUT2D eigenvalue weighted by molar-refractivity contribution is 0.210.